The Bertz CT molecular complexity index is 701. The quantitative estimate of drug-likeness (QED) is 0.839. The molecule has 6 heteroatoms. The van der Waals surface area contributed by atoms with Crippen LogP contribution in [0.1, 0.15) is 19.9 Å². The van der Waals surface area contributed by atoms with Gasteiger partial charge in [-0.2, -0.15) is 0 Å². The third-order valence-electron chi connectivity index (χ3n) is 4.29. The summed E-state index contributed by atoms with van der Waals surface area (Å²) in [4.78, 5) is 32.0. The number of carbonyl (C=O) groups excluding carboxylic acids is 2. The molecule has 0 N–H and O–H groups in total. The van der Waals surface area contributed by atoms with Crippen LogP contribution in [0.3, 0.4) is 0 Å². The molecule has 0 spiro atoms. The van der Waals surface area contributed by atoms with Gasteiger partial charge in [0.2, 0.25) is 11.8 Å². The monoisotopic (exact) mass is 300 g/mol. The second kappa shape index (κ2) is 5.79. The Morgan fingerprint density at radius 3 is 2.41 bits per heavy atom. The average Bonchev–Trinajstić information content (AvgIpc) is 2.97. The number of benzene rings is 1. The van der Waals surface area contributed by atoms with Gasteiger partial charge in [0.25, 0.3) is 0 Å². The summed E-state index contributed by atoms with van der Waals surface area (Å²) in [6, 6.07) is 7.50. The van der Waals surface area contributed by atoms with Crippen LogP contribution >= 0.6 is 0 Å². The number of amides is 2. The largest absolute Gasteiger partial charge is 0.339 e. The van der Waals surface area contributed by atoms with E-state index in [4.69, 9.17) is 0 Å². The molecule has 3 rings (SSSR count). The first-order valence-corrected chi connectivity index (χ1v) is 7.54. The third kappa shape index (κ3) is 2.56. The summed E-state index contributed by atoms with van der Waals surface area (Å²) in [6.07, 6.45) is 1.72. The summed E-state index contributed by atoms with van der Waals surface area (Å²) in [5.41, 5.74) is 1.86. The fourth-order valence-corrected chi connectivity index (χ4v) is 2.91. The van der Waals surface area contributed by atoms with E-state index in [1.165, 1.54) is 0 Å². The fourth-order valence-electron chi connectivity index (χ4n) is 2.91. The molecule has 1 atom stereocenters. The number of imidazole rings is 1. The van der Waals surface area contributed by atoms with Crippen LogP contribution in [-0.4, -0.2) is 57.3 Å². The molecule has 2 aromatic rings. The average molecular weight is 300 g/mol. The highest BCUT2D eigenvalue weighted by Gasteiger charge is 2.27. The minimum atomic E-state index is -0.295. The maximum absolute atomic E-state index is 12.7. The Balaban J connectivity index is 1.74. The van der Waals surface area contributed by atoms with Gasteiger partial charge in [-0.3, -0.25) is 9.59 Å². The van der Waals surface area contributed by atoms with Crippen molar-refractivity contribution in [2.45, 2.75) is 19.9 Å². The summed E-state index contributed by atoms with van der Waals surface area (Å²) >= 11 is 0. The van der Waals surface area contributed by atoms with E-state index in [1.807, 2.05) is 40.7 Å². The Hall–Kier alpha value is -2.37. The predicted molar refractivity (Wildman–Crippen MR) is 83.3 cm³/mol. The molecule has 116 valence electrons. The lowest BCUT2D eigenvalue weighted by Gasteiger charge is -2.35. The lowest BCUT2D eigenvalue weighted by atomic mass is 10.2. The number of fused-ring (bicyclic) bond motifs is 1. The third-order valence-corrected chi connectivity index (χ3v) is 4.29. The molecule has 1 aliphatic rings. The van der Waals surface area contributed by atoms with Crippen LogP contribution in [0.25, 0.3) is 11.0 Å². The second-order valence-electron chi connectivity index (χ2n) is 5.65. The number of para-hydroxylation sites is 2. The molecule has 1 fully saturated rings. The van der Waals surface area contributed by atoms with E-state index in [1.54, 1.807) is 18.2 Å². The van der Waals surface area contributed by atoms with Crippen molar-refractivity contribution in [1.29, 1.82) is 0 Å². The first-order chi connectivity index (χ1) is 10.6. The molecule has 0 unspecified atom stereocenters. The van der Waals surface area contributed by atoms with Crippen LogP contribution in [0.5, 0.6) is 0 Å². The van der Waals surface area contributed by atoms with E-state index >= 15 is 0 Å². The summed E-state index contributed by atoms with van der Waals surface area (Å²) < 4.78 is 1.91. The number of hydrogen-bond donors (Lipinski definition) is 0. The van der Waals surface area contributed by atoms with Gasteiger partial charge in [0.05, 0.1) is 17.4 Å². The highest BCUT2D eigenvalue weighted by Crippen LogP contribution is 2.19. The van der Waals surface area contributed by atoms with Crippen LogP contribution in [0.4, 0.5) is 0 Å². The topological polar surface area (TPSA) is 58.4 Å². The van der Waals surface area contributed by atoms with Crippen molar-refractivity contribution in [3.8, 4) is 0 Å². The Labute approximate surface area is 129 Å². The Morgan fingerprint density at radius 2 is 1.73 bits per heavy atom. The van der Waals surface area contributed by atoms with E-state index in [9.17, 15) is 9.59 Å². The molecule has 0 radical (unpaired) electrons. The standard InChI is InChI=1S/C16H20N4O2/c1-12(20-11-17-14-5-3-4-6-15(14)20)16(22)19-9-7-18(8-10-19)13(2)21/h3-6,11-12H,7-10H2,1-2H3/t12-/m0/s1. The molecular weight excluding hydrogens is 280 g/mol. The van der Waals surface area contributed by atoms with Gasteiger partial charge in [0.15, 0.2) is 0 Å². The van der Waals surface area contributed by atoms with E-state index in [-0.39, 0.29) is 17.9 Å². The summed E-state index contributed by atoms with van der Waals surface area (Å²) in [7, 11) is 0. The van der Waals surface area contributed by atoms with Gasteiger partial charge in [0.1, 0.15) is 6.04 Å². The van der Waals surface area contributed by atoms with Gasteiger partial charge < -0.3 is 14.4 Å². The zero-order valence-corrected chi connectivity index (χ0v) is 12.9. The number of aromatic nitrogens is 2. The molecule has 2 heterocycles. The number of nitrogens with zero attached hydrogens (tertiary/aromatic N) is 4. The second-order valence-corrected chi connectivity index (χ2v) is 5.65. The minimum Gasteiger partial charge on any atom is -0.339 e. The predicted octanol–water partition coefficient (Wildman–Crippen LogP) is 1.29. The van der Waals surface area contributed by atoms with Crippen LogP contribution in [0.15, 0.2) is 30.6 Å². The van der Waals surface area contributed by atoms with E-state index < -0.39 is 0 Å². The summed E-state index contributed by atoms with van der Waals surface area (Å²) in [6.45, 7) is 5.87. The Morgan fingerprint density at radius 1 is 1.09 bits per heavy atom. The first kappa shape index (κ1) is 14.6. The Kier molecular flexibility index (Phi) is 3.83. The van der Waals surface area contributed by atoms with Gasteiger partial charge in [-0.05, 0) is 19.1 Å². The van der Waals surface area contributed by atoms with Crippen LogP contribution < -0.4 is 0 Å². The molecular formula is C16H20N4O2. The van der Waals surface area contributed by atoms with Gasteiger partial charge in [-0.25, -0.2) is 4.98 Å². The SMILES string of the molecule is CC(=O)N1CCN(C(=O)[C@H](C)n2cnc3ccccc32)CC1. The highest BCUT2D eigenvalue weighted by atomic mass is 16.2. The van der Waals surface area contributed by atoms with Crippen molar-refractivity contribution in [1.82, 2.24) is 19.4 Å². The van der Waals surface area contributed by atoms with Crippen molar-refractivity contribution in [2.24, 2.45) is 0 Å². The van der Waals surface area contributed by atoms with Gasteiger partial charge >= 0.3 is 0 Å². The lowest BCUT2D eigenvalue weighted by molar-refractivity contribution is -0.140. The van der Waals surface area contributed by atoms with Crippen molar-refractivity contribution < 1.29 is 9.59 Å². The van der Waals surface area contributed by atoms with Crippen molar-refractivity contribution in [3.05, 3.63) is 30.6 Å². The molecule has 0 aliphatic carbocycles. The molecule has 22 heavy (non-hydrogen) atoms. The highest BCUT2D eigenvalue weighted by molar-refractivity contribution is 5.84. The van der Waals surface area contributed by atoms with Gasteiger partial charge in [0, 0.05) is 33.1 Å². The number of hydrogen-bond acceptors (Lipinski definition) is 3. The first-order valence-electron chi connectivity index (χ1n) is 7.54. The van der Waals surface area contributed by atoms with E-state index in [2.05, 4.69) is 4.98 Å². The number of rotatable bonds is 2. The maximum atomic E-state index is 12.7. The maximum Gasteiger partial charge on any atom is 0.245 e. The molecule has 0 bridgehead atoms. The molecule has 1 aromatic carbocycles. The smallest absolute Gasteiger partial charge is 0.245 e. The molecule has 2 amide bonds. The fraction of sp³-hybridized carbons (Fsp3) is 0.438. The zero-order chi connectivity index (χ0) is 15.7. The number of piperazine rings is 1. The minimum absolute atomic E-state index is 0.0701. The van der Waals surface area contributed by atoms with E-state index in [0.717, 1.165) is 11.0 Å². The van der Waals surface area contributed by atoms with Crippen molar-refractivity contribution >= 4 is 22.8 Å². The molecule has 1 saturated heterocycles. The van der Waals surface area contributed by atoms with Crippen molar-refractivity contribution in [2.75, 3.05) is 26.2 Å². The number of carbonyl (C=O) groups is 2. The van der Waals surface area contributed by atoms with E-state index in [0.29, 0.717) is 26.2 Å². The van der Waals surface area contributed by atoms with Gasteiger partial charge in [-0.1, -0.05) is 12.1 Å². The van der Waals surface area contributed by atoms with Crippen LogP contribution in [0.2, 0.25) is 0 Å². The lowest BCUT2D eigenvalue weighted by Crippen LogP contribution is -2.51. The van der Waals surface area contributed by atoms with Crippen LogP contribution in [-0.2, 0) is 9.59 Å². The summed E-state index contributed by atoms with van der Waals surface area (Å²) in [5.74, 6) is 0.145. The van der Waals surface area contributed by atoms with Crippen LogP contribution in [0, 0.1) is 0 Å². The molecule has 1 aromatic heterocycles. The zero-order valence-electron chi connectivity index (χ0n) is 12.9. The molecule has 6 nitrogen and oxygen atoms in total. The molecule has 0 saturated carbocycles. The van der Waals surface area contributed by atoms with Crippen molar-refractivity contribution in [3.63, 3.8) is 0 Å². The van der Waals surface area contributed by atoms with Gasteiger partial charge in [-0.15, -0.1) is 0 Å². The normalized spacial score (nSPS) is 16.8. The summed E-state index contributed by atoms with van der Waals surface area (Å²) in [5, 5.41) is 0. The molecule has 1 aliphatic heterocycles.